The zero-order valence-electron chi connectivity index (χ0n) is 19.4. The molecule has 3 aliphatic rings. The predicted molar refractivity (Wildman–Crippen MR) is 123 cm³/mol. The van der Waals surface area contributed by atoms with Gasteiger partial charge in [-0.05, 0) is 57.4 Å². The normalized spacial score (nSPS) is 25.6. The van der Waals surface area contributed by atoms with Crippen molar-refractivity contribution in [3.8, 4) is 0 Å². The Balaban J connectivity index is 1.57. The third-order valence-corrected chi connectivity index (χ3v) is 5.96. The molecule has 0 bridgehead atoms. The number of ether oxygens (including phenoxy) is 1. The van der Waals surface area contributed by atoms with Gasteiger partial charge in [0.15, 0.2) is 0 Å². The van der Waals surface area contributed by atoms with Gasteiger partial charge >= 0.3 is 6.09 Å². The number of carbonyl (C=O) groups is 2. The second-order valence-electron chi connectivity index (χ2n) is 9.14. The number of nitrogens with one attached hydrogen (secondary N) is 2. The number of amides is 2. The van der Waals surface area contributed by atoms with Crippen molar-refractivity contribution in [2.24, 2.45) is 0 Å². The molecule has 2 amide bonds. The Morgan fingerprint density at radius 3 is 2.69 bits per heavy atom. The van der Waals surface area contributed by atoms with E-state index in [4.69, 9.17) is 9.57 Å². The van der Waals surface area contributed by atoms with Gasteiger partial charge in [0.2, 0.25) is 5.91 Å². The number of nitrogens with zero attached hydrogens (tertiary/aromatic N) is 3. The van der Waals surface area contributed by atoms with Crippen molar-refractivity contribution in [1.29, 1.82) is 0 Å². The summed E-state index contributed by atoms with van der Waals surface area (Å²) in [7, 11) is 0. The van der Waals surface area contributed by atoms with Gasteiger partial charge in [0.25, 0.3) is 0 Å². The first-order valence-corrected chi connectivity index (χ1v) is 11.3. The molecule has 4 rings (SSSR count). The highest BCUT2D eigenvalue weighted by Gasteiger charge is 2.35. The second-order valence-corrected chi connectivity index (χ2v) is 9.14. The summed E-state index contributed by atoms with van der Waals surface area (Å²) in [5, 5.41) is 2.14. The number of fused-ring (bicyclic) bond motifs is 1. The topological polar surface area (TPSA) is 86.4 Å². The molecule has 1 fully saturated rings. The molecule has 0 radical (unpaired) electrons. The van der Waals surface area contributed by atoms with Crippen LogP contribution in [0.25, 0.3) is 5.57 Å². The van der Waals surface area contributed by atoms with Gasteiger partial charge in [-0.3, -0.25) is 14.5 Å². The SMILES string of the molecule is CC(=O)N1c2ccc(C3=CNN(CC4CC(C)ON4)C3)cc2N(C(=O)OC(C)C)C[C@@H]1C. The molecule has 1 aromatic rings. The summed E-state index contributed by atoms with van der Waals surface area (Å²) in [6.07, 6.45) is 2.57. The number of carbonyl (C=O) groups excluding carboxylic acids is 2. The molecule has 0 aromatic heterocycles. The zero-order valence-corrected chi connectivity index (χ0v) is 19.4. The predicted octanol–water partition coefficient (Wildman–Crippen LogP) is 2.64. The Hall–Kier alpha value is -2.62. The first-order chi connectivity index (χ1) is 15.2. The highest BCUT2D eigenvalue weighted by molar-refractivity contribution is 6.02. The molecule has 3 heterocycles. The molecule has 174 valence electrons. The lowest BCUT2D eigenvalue weighted by Gasteiger charge is -2.40. The van der Waals surface area contributed by atoms with E-state index in [0.717, 1.165) is 36.3 Å². The van der Waals surface area contributed by atoms with E-state index in [2.05, 4.69) is 22.8 Å². The fourth-order valence-corrected chi connectivity index (χ4v) is 4.59. The molecule has 2 N–H and O–H groups in total. The fourth-order valence-electron chi connectivity index (χ4n) is 4.59. The monoisotopic (exact) mass is 443 g/mol. The number of anilines is 2. The molecule has 3 atom stereocenters. The second kappa shape index (κ2) is 9.09. The van der Waals surface area contributed by atoms with E-state index in [0.29, 0.717) is 12.2 Å². The minimum atomic E-state index is -0.393. The zero-order chi connectivity index (χ0) is 23.0. The van der Waals surface area contributed by atoms with Crippen LogP contribution in [0.15, 0.2) is 24.4 Å². The molecule has 0 saturated carbocycles. The highest BCUT2D eigenvalue weighted by atomic mass is 16.7. The third kappa shape index (κ3) is 4.60. The first-order valence-electron chi connectivity index (χ1n) is 11.3. The number of rotatable bonds is 4. The fraction of sp³-hybridized carbons (Fsp3) is 0.565. The van der Waals surface area contributed by atoms with E-state index >= 15 is 0 Å². The third-order valence-electron chi connectivity index (χ3n) is 5.96. The summed E-state index contributed by atoms with van der Waals surface area (Å²) in [5.74, 6) is -0.0446. The van der Waals surface area contributed by atoms with Gasteiger partial charge in [0.05, 0.1) is 29.6 Å². The van der Waals surface area contributed by atoms with Crippen molar-refractivity contribution in [3.63, 3.8) is 0 Å². The molecule has 0 aliphatic carbocycles. The number of hydrazine groups is 1. The summed E-state index contributed by atoms with van der Waals surface area (Å²) in [6, 6.07) is 6.05. The van der Waals surface area contributed by atoms with Gasteiger partial charge in [-0.15, -0.1) is 0 Å². The average molecular weight is 444 g/mol. The van der Waals surface area contributed by atoms with E-state index in [1.165, 1.54) is 0 Å². The first kappa shape index (κ1) is 22.6. The van der Waals surface area contributed by atoms with E-state index in [9.17, 15) is 9.59 Å². The van der Waals surface area contributed by atoms with Gasteiger partial charge in [-0.25, -0.2) is 9.80 Å². The van der Waals surface area contributed by atoms with E-state index in [-0.39, 0.29) is 30.2 Å². The lowest BCUT2D eigenvalue weighted by Crippen LogP contribution is -2.51. The van der Waals surface area contributed by atoms with Crippen LogP contribution in [-0.2, 0) is 14.4 Å². The molecule has 1 aromatic carbocycles. The number of hydroxylamine groups is 1. The lowest BCUT2D eigenvalue weighted by molar-refractivity contribution is -0.117. The number of hydrogen-bond donors (Lipinski definition) is 2. The van der Waals surface area contributed by atoms with Crippen LogP contribution in [0.1, 0.15) is 46.6 Å². The van der Waals surface area contributed by atoms with Crippen molar-refractivity contribution < 1.29 is 19.2 Å². The molecule has 32 heavy (non-hydrogen) atoms. The summed E-state index contributed by atoms with van der Waals surface area (Å²) < 4.78 is 5.49. The van der Waals surface area contributed by atoms with Crippen LogP contribution in [0.5, 0.6) is 0 Å². The summed E-state index contributed by atoms with van der Waals surface area (Å²) in [5.41, 5.74) is 9.95. The van der Waals surface area contributed by atoms with Gasteiger partial charge in [0.1, 0.15) is 0 Å². The van der Waals surface area contributed by atoms with Crippen LogP contribution in [0.4, 0.5) is 16.2 Å². The average Bonchev–Trinajstić information content (AvgIpc) is 3.35. The van der Waals surface area contributed by atoms with Crippen molar-refractivity contribution in [2.75, 3.05) is 29.4 Å². The minimum Gasteiger partial charge on any atom is -0.446 e. The molecular formula is C23H33N5O4. The summed E-state index contributed by atoms with van der Waals surface area (Å²) in [6.45, 7) is 11.2. The Morgan fingerprint density at radius 2 is 2.03 bits per heavy atom. The maximum absolute atomic E-state index is 12.8. The maximum Gasteiger partial charge on any atom is 0.414 e. The van der Waals surface area contributed by atoms with Crippen LogP contribution in [0.2, 0.25) is 0 Å². The standard InChI is InChI=1S/C23H33N5O4/c1-14(2)31-23(30)27-11-15(3)28(17(5)29)21-7-6-18(9-22(21)27)19-10-24-26(12-19)13-20-8-16(4)32-25-20/h6-7,9-10,14-16,20,24-25H,8,11-13H2,1-5H3/t15-,16?,20?/m0/s1. The molecule has 2 unspecified atom stereocenters. The molecule has 1 saturated heterocycles. The number of hydrogen-bond acceptors (Lipinski definition) is 7. The Kier molecular flexibility index (Phi) is 6.41. The largest absolute Gasteiger partial charge is 0.446 e. The van der Waals surface area contributed by atoms with E-state index in [1.54, 1.807) is 16.7 Å². The molecule has 0 spiro atoms. The van der Waals surface area contributed by atoms with Crippen LogP contribution in [0, 0.1) is 0 Å². The highest BCUT2D eigenvalue weighted by Crippen LogP contribution is 2.38. The van der Waals surface area contributed by atoms with Gasteiger partial charge in [-0.2, -0.15) is 5.48 Å². The smallest absolute Gasteiger partial charge is 0.414 e. The molecule has 9 nitrogen and oxygen atoms in total. The van der Waals surface area contributed by atoms with Crippen molar-refractivity contribution in [3.05, 3.63) is 30.0 Å². The van der Waals surface area contributed by atoms with Crippen molar-refractivity contribution >= 4 is 28.9 Å². The van der Waals surface area contributed by atoms with Crippen LogP contribution >= 0.6 is 0 Å². The summed E-state index contributed by atoms with van der Waals surface area (Å²) in [4.78, 5) is 34.0. The summed E-state index contributed by atoms with van der Waals surface area (Å²) >= 11 is 0. The van der Waals surface area contributed by atoms with Gasteiger partial charge in [-0.1, -0.05) is 6.07 Å². The number of benzene rings is 1. The minimum absolute atomic E-state index is 0.0446. The van der Waals surface area contributed by atoms with E-state index in [1.807, 2.05) is 45.2 Å². The van der Waals surface area contributed by atoms with E-state index < -0.39 is 6.09 Å². The molecule has 3 aliphatic heterocycles. The maximum atomic E-state index is 12.8. The van der Waals surface area contributed by atoms with Crippen molar-refractivity contribution in [2.45, 2.75) is 65.3 Å². The molecule has 9 heteroatoms. The van der Waals surface area contributed by atoms with Crippen molar-refractivity contribution in [1.82, 2.24) is 15.9 Å². The Bertz CT molecular complexity index is 918. The Morgan fingerprint density at radius 1 is 1.25 bits per heavy atom. The van der Waals surface area contributed by atoms with Gasteiger partial charge < -0.3 is 15.1 Å². The van der Waals surface area contributed by atoms with Crippen LogP contribution in [0.3, 0.4) is 0 Å². The Labute approximate surface area is 189 Å². The van der Waals surface area contributed by atoms with Crippen LogP contribution in [-0.4, -0.2) is 60.9 Å². The molecular weight excluding hydrogens is 410 g/mol. The van der Waals surface area contributed by atoms with Gasteiger partial charge in [0, 0.05) is 38.8 Å². The lowest BCUT2D eigenvalue weighted by atomic mass is 10.0. The van der Waals surface area contributed by atoms with Crippen LogP contribution < -0.4 is 20.7 Å². The quantitative estimate of drug-likeness (QED) is 0.740.